The van der Waals surface area contributed by atoms with Gasteiger partial charge in [-0.3, -0.25) is 0 Å². The van der Waals surface area contributed by atoms with Gasteiger partial charge in [-0.1, -0.05) is 0 Å². The molecule has 3 N–H and O–H groups in total. The summed E-state index contributed by atoms with van der Waals surface area (Å²) < 4.78 is 11.4. The smallest absolute Gasteiger partial charge is 0.124 e. The lowest BCUT2D eigenvalue weighted by Crippen LogP contribution is -2.30. The summed E-state index contributed by atoms with van der Waals surface area (Å²) in [7, 11) is 1.72. The first kappa shape index (κ1) is 13.7. The van der Waals surface area contributed by atoms with Gasteiger partial charge in [0, 0.05) is 30.1 Å². The maximum absolute atomic E-state index is 5.95. The first-order valence-corrected chi connectivity index (χ1v) is 7.52. The van der Waals surface area contributed by atoms with Crippen molar-refractivity contribution in [1.82, 2.24) is 5.32 Å². The van der Waals surface area contributed by atoms with Crippen molar-refractivity contribution in [3.05, 3.63) is 23.3 Å². The monoisotopic (exact) mass is 276 g/mol. The standard InChI is InChI=1S/C16H24N2O2/c1-10-5-12-6-16(19-2)13(7-15(12)20-10)14(8-17)18-9-11-3-4-11/h6-7,10-11,14,18H,3-5,8-9,17H2,1-2H3. The quantitative estimate of drug-likeness (QED) is 0.834. The lowest BCUT2D eigenvalue weighted by atomic mass is 10.0. The van der Waals surface area contributed by atoms with Crippen LogP contribution in [0.3, 0.4) is 0 Å². The normalized spacial score (nSPS) is 22.2. The minimum atomic E-state index is 0.135. The van der Waals surface area contributed by atoms with Crippen LogP contribution in [0.25, 0.3) is 0 Å². The van der Waals surface area contributed by atoms with Crippen LogP contribution in [0, 0.1) is 5.92 Å². The summed E-state index contributed by atoms with van der Waals surface area (Å²) in [6, 6.07) is 4.35. The molecule has 0 aromatic heterocycles. The third-order valence-electron chi connectivity index (χ3n) is 4.21. The molecular formula is C16H24N2O2. The maximum atomic E-state index is 5.95. The molecule has 1 aliphatic heterocycles. The highest BCUT2D eigenvalue weighted by Gasteiger charge is 2.26. The summed E-state index contributed by atoms with van der Waals surface area (Å²) in [6.45, 7) is 3.70. The Balaban J connectivity index is 1.83. The van der Waals surface area contributed by atoms with Crippen LogP contribution in [0.5, 0.6) is 11.5 Å². The Morgan fingerprint density at radius 1 is 1.45 bits per heavy atom. The van der Waals surface area contributed by atoms with E-state index in [-0.39, 0.29) is 12.1 Å². The molecule has 4 heteroatoms. The average molecular weight is 276 g/mol. The van der Waals surface area contributed by atoms with Crippen LogP contribution in [0.2, 0.25) is 0 Å². The van der Waals surface area contributed by atoms with E-state index in [1.165, 1.54) is 18.4 Å². The molecule has 2 unspecified atom stereocenters. The predicted octanol–water partition coefficient (Wildman–Crippen LogP) is 2.02. The fraction of sp³-hybridized carbons (Fsp3) is 0.625. The van der Waals surface area contributed by atoms with Gasteiger partial charge in [-0.15, -0.1) is 0 Å². The third-order valence-corrected chi connectivity index (χ3v) is 4.21. The summed E-state index contributed by atoms with van der Waals surface area (Å²) >= 11 is 0. The van der Waals surface area contributed by atoms with Crippen molar-refractivity contribution in [2.75, 3.05) is 20.2 Å². The van der Waals surface area contributed by atoms with Gasteiger partial charge in [0.25, 0.3) is 0 Å². The van der Waals surface area contributed by atoms with E-state index in [0.717, 1.165) is 35.9 Å². The van der Waals surface area contributed by atoms with E-state index in [4.69, 9.17) is 15.2 Å². The molecule has 1 saturated carbocycles. The fourth-order valence-corrected chi connectivity index (χ4v) is 2.86. The van der Waals surface area contributed by atoms with Crippen LogP contribution < -0.4 is 20.5 Å². The van der Waals surface area contributed by atoms with Crippen LogP contribution in [0.15, 0.2) is 12.1 Å². The number of ether oxygens (including phenoxy) is 2. The molecule has 0 spiro atoms. The highest BCUT2D eigenvalue weighted by atomic mass is 16.5. The second-order valence-corrected chi connectivity index (χ2v) is 5.97. The van der Waals surface area contributed by atoms with E-state index in [0.29, 0.717) is 6.54 Å². The van der Waals surface area contributed by atoms with Crippen molar-refractivity contribution in [3.63, 3.8) is 0 Å². The van der Waals surface area contributed by atoms with Crippen molar-refractivity contribution in [2.45, 2.75) is 38.3 Å². The Kier molecular flexibility index (Phi) is 3.85. The van der Waals surface area contributed by atoms with E-state index in [1.54, 1.807) is 7.11 Å². The van der Waals surface area contributed by atoms with Crippen LogP contribution in [-0.2, 0) is 6.42 Å². The molecule has 1 aromatic rings. The Hall–Kier alpha value is -1.26. The van der Waals surface area contributed by atoms with Crippen molar-refractivity contribution in [2.24, 2.45) is 11.7 Å². The van der Waals surface area contributed by atoms with Crippen LogP contribution in [0.4, 0.5) is 0 Å². The largest absolute Gasteiger partial charge is 0.496 e. The number of methoxy groups -OCH3 is 1. The predicted molar refractivity (Wildman–Crippen MR) is 79.3 cm³/mol. The first-order chi connectivity index (χ1) is 9.71. The molecule has 110 valence electrons. The van der Waals surface area contributed by atoms with Gasteiger partial charge in [0.2, 0.25) is 0 Å². The zero-order valence-electron chi connectivity index (χ0n) is 12.3. The summed E-state index contributed by atoms with van der Waals surface area (Å²) in [5.41, 5.74) is 8.30. The first-order valence-electron chi connectivity index (χ1n) is 7.52. The van der Waals surface area contributed by atoms with Crippen LogP contribution in [-0.4, -0.2) is 26.3 Å². The molecule has 1 aliphatic carbocycles. The Morgan fingerprint density at radius 2 is 2.25 bits per heavy atom. The van der Waals surface area contributed by atoms with Gasteiger partial charge in [0.05, 0.1) is 7.11 Å². The van der Waals surface area contributed by atoms with Crippen LogP contribution in [0.1, 0.15) is 36.9 Å². The van der Waals surface area contributed by atoms with Crippen LogP contribution >= 0.6 is 0 Å². The highest BCUT2D eigenvalue weighted by Crippen LogP contribution is 2.37. The summed E-state index contributed by atoms with van der Waals surface area (Å²) in [5, 5.41) is 3.56. The maximum Gasteiger partial charge on any atom is 0.124 e. The zero-order valence-corrected chi connectivity index (χ0v) is 12.3. The van der Waals surface area contributed by atoms with Gasteiger partial charge < -0.3 is 20.5 Å². The third kappa shape index (κ3) is 2.76. The fourth-order valence-electron chi connectivity index (χ4n) is 2.86. The Labute approximate surface area is 120 Å². The van der Waals surface area contributed by atoms with Gasteiger partial charge in [-0.2, -0.15) is 0 Å². The van der Waals surface area contributed by atoms with Gasteiger partial charge in [-0.25, -0.2) is 0 Å². The lowest BCUT2D eigenvalue weighted by molar-refractivity contribution is 0.254. The zero-order chi connectivity index (χ0) is 14.1. The molecule has 2 aliphatic rings. The van der Waals surface area contributed by atoms with Gasteiger partial charge >= 0.3 is 0 Å². The van der Waals surface area contributed by atoms with E-state index in [2.05, 4.69) is 24.4 Å². The number of hydrogen-bond acceptors (Lipinski definition) is 4. The van der Waals surface area contributed by atoms with Gasteiger partial charge in [-0.05, 0) is 44.4 Å². The summed E-state index contributed by atoms with van der Waals surface area (Å²) in [4.78, 5) is 0. The summed E-state index contributed by atoms with van der Waals surface area (Å²) in [5.74, 6) is 2.74. The second kappa shape index (κ2) is 5.62. The topological polar surface area (TPSA) is 56.5 Å². The van der Waals surface area contributed by atoms with Gasteiger partial charge in [0.1, 0.15) is 17.6 Å². The molecule has 1 heterocycles. The number of benzene rings is 1. The van der Waals surface area contributed by atoms with E-state index < -0.39 is 0 Å². The molecule has 0 saturated heterocycles. The molecule has 20 heavy (non-hydrogen) atoms. The summed E-state index contributed by atoms with van der Waals surface area (Å²) in [6.07, 6.45) is 3.88. The molecule has 4 nitrogen and oxygen atoms in total. The lowest BCUT2D eigenvalue weighted by Gasteiger charge is -2.20. The molecule has 0 radical (unpaired) electrons. The molecule has 1 aromatic carbocycles. The average Bonchev–Trinajstić information content (AvgIpc) is 3.19. The Morgan fingerprint density at radius 3 is 2.90 bits per heavy atom. The van der Waals surface area contributed by atoms with Crippen molar-refractivity contribution in [3.8, 4) is 11.5 Å². The Bertz CT molecular complexity index is 486. The molecule has 0 bridgehead atoms. The number of rotatable bonds is 6. The molecule has 1 fully saturated rings. The molecular weight excluding hydrogens is 252 g/mol. The SMILES string of the molecule is COc1cc2c(cc1C(CN)NCC1CC1)OC(C)C2. The van der Waals surface area contributed by atoms with E-state index >= 15 is 0 Å². The minimum absolute atomic E-state index is 0.135. The molecule has 3 rings (SSSR count). The molecule has 0 amide bonds. The van der Waals surface area contributed by atoms with Crippen molar-refractivity contribution in [1.29, 1.82) is 0 Å². The number of fused-ring (bicyclic) bond motifs is 1. The van der Waals surface area contributed by atoms with E-state index in [9.17, 15) is 0 Å². The highest BCUT2D eigenvalue weighted by molar-refractivity contribution is 5.50. The molecule has 2 atom stereocenters. The second-order valence-electron chi connectivity index (χ2n) is 5.97. The van der Waals surface area contributed by atoms with Crippen molar-refractivity contribution < 1.29 is 9.47 Å². The van der Waals surface area contributed by atoms with Gasteiger partial charge in [0.15, 0.2) is 0 Å². The minimum Gasteiger partial charge on any atom is -0.496 e. The number of nitrogens with one attached hydrogen (secondary N) is 1. The van der Waals surface area contributed by atoms with Crippen molar-refractivity contribution >= 4 is 0 Å². The van der Waals surface area contributed by atoms with E-state index in [1.807, 2.05) is 0 Å². The number of hydrogen-bond donors (Lipinski definition) is 2. The number of nitrogens with two attached hydrogens (primary N) is 1.